The molecule has 7 fully saturated rings. The predicted octanol–water partition coefficient (Wildman–Crippen LogP) is 5.58. The Bertz CT molecular complexity index is 2300. The smallest absolute Gasteiger partial charge is 0.327 e. The Morgan fingerprint density at radius 1 is 0.887 bits per heavy atom. The molecule has 1 spiro atoms. The van der Waals surface area contributed by atoms with Gasteiger partial charge in [-0.3, -0.25) is 19.2 Å². The van der Waals surface area contributed by atoms with E-state index in [0.29, 0.717) is 47.3 Å². The van der Waals surface area contributed by atoms with Gasteiger partial charge in [0.15, 0.2) is 11.8 Å². The number of hydrogen-bond donors (Lipinski definition) is 3. The van der Waals surface area contributed by atoms with Crippen molar-refractivity contribution in [3.05, 3.63) is 112 Å². The number of allylic oxidation sites excluding steroid dienone is 1. The number of esters is 1. The van der Waals surface area contributed by atoms with Gasteiger partial charge in [0, 0.05) is 37.9 Å². The number of carbonyl (C=O) groups is 3. The molecule has 4 aliphatic carbocycles. The Hall–Kier alpha value is -4.43. The highest BCUT2D eigenvalue weighted by Gasteiger charge is 2.76. The normalized spacial score (nSPS) is 36.2. The zero-order chi connectivity index (χ0) is 42.6. The summed E-state index contributed by atoms with van der Waals surface area (Å²) in [7, 11) is 0. The van der Waals surface area contributed by atoms with E-state index in [1.54, 1.807) is 23.3 Å². The van der Waals surface area contributed by atoms with Crippen LogP contribution in [-0.4, -0.2) is 89.1 Å². The number of carbonyl (C=O) groups excluding carboxylic acids is 3. The van der Waals surface area contributed by atoms with Gasteiger partial charge in [0.1, 0.15) is 29.8 Å². The topological polar surface area (TPSA) is 148 Å². The van der Waals surface area contributed by atoms with Crippen molar-refractivity contribution < 1.29 is 43.3 Å². The number of rotatable bonds is 9. The summed E-state index contributed by atoms with van der Waals surface area (Å²) in [5.41, 5.74) is 6.08. The van der Waals surface area contributed by atoms with Crippen molar-refractivity contribution >= 4 is 23.9 Å². The van der Waals surface area contributed by atoms with E-state index in [4.69, 9.17) is 23.8 Å². The molecular formula is C50H57N3O9. The molecule has 0 radical (unpaired) electrons. The summed E-state index contributed by atoms with van der Waals surface area (Å²) in [6.07, 6.45) is 6.90. The summed E-state index contributed by atoms with van der Waals surface area (Å²) in [6.45, 7) is 7.46. The van der Waals surface area contributed by atoms with Gasteiger partial charge in [-0.15, -0.1) is 0 Å². The number of amides is 2. The largest absolute Gasteiger partial charge is 0.458 e. The van der Waals surface area contributed by atoms with Gasteiger partial charge in [0.2, 0.25) is 5.91 Å². The molecule has 2 amide bonds. The maximum Gasteiger partial charge on any atom is 0.327 e. The zero-order valence-electron chi connectivity index (χ0n) is 35.8. The van der Waals surface area contributed by atoms with Crippen LogP contribution in [0.3, 0.4) is 0 Å². The van der Waals surface area contributed by atoms with Crippen LogP contribution in [0.15, 0.2) is 78.4 Å². The van der Waals surface area contributed by atoms with Crippen LogP contribution in [0.2, 0.25) is 0 Å². The second-order valence-electron chi connectivity index (χ2n) is 20.1. The molecule has 0 aromatic heterocycles. The van der Waals surface area contributed by atoms with Gasteiger partial charge in [-0.05, 0) is 96.2 Å². The molecular weight excluding hydrogens is 787 g/mol. The van der Waals surface area contributed by atoms with Crippen molar-refractivity contribution in [2.75, 3.05) is 13.2 Å². The SMILES string of the molecule is CC1(C)C[C@@H]2C(=Cc3ccc(CN4O[C@@H]5[C@H]6OC7(Cc8ccccc8C7)O[C@H]6[C@@H]6C[C@]5(C(=O)NCc5cccc(C(=O)NCCO)c5)[C@@H]4C(=O)O6)cc3)CCC3O[C@]3(C)CC[C@H]21. The molecule has 62 heavy (non-hydrogen) atoms. The van der Waals surface area contributed by atoms with Crippen LogP contribution in [0.25, 0.3) is 6.08 Å². The molecule has 4 aliphatic heterocycles. The minimum absolute atomic E-state index is 0.0433. The van der Waals surface area contributed by atoms with Gasteiger partial charge in [-0.2, -0.15) is 5.06 Å². The van der Waals surface area contributed by atoms with Crippen molar-refractivity contribution in [3.63, 3.8) is 0 Å². The third-order valence-corrected chi connectivity index (χ3v) is 15.8. The highest BCUT2D eigenvalue weighted by molar-refractivity contribution is 5.95. The first-order valence-electron chi connectivity index (χ1n) is 22.7. The lowest BCUT2D eigenvalue weighted by molar-refractivity contribution is -0.217. The number of nitrogens with zero attached hydrogens (tertiary/aromatic N) is 1. The minimum atomic E-state index is -1.34. The highest BCUT2D eigenvalue weighted by Crippen LogP contribution is 2.61. The molecule has 8 aliphatic rings. The lowest BCUT2D eigenvalue weighted by atomic mass is 9.52. The summed E-state index contributed by atoms with van der Waals surface area (Å²) in [5, 5.41) is 16.6. The number of aliphatic hydroxyl groups excluding tert-OH is 1. The fraction of sp³-hybridized carbons (Fsp3) is 0.540. The summed E-state index contributed by atoms with van der Waals surface area (Å²) >= 11 is 0. The van der Waals surface area contributed by atoms with Gasteiger partial charge in [0.05, 0.1) is 24.9 Å². The molecule has 4 saturated heterocycles. The van der Waals surface area contributed by atoms with Crippen molar-refractivity contribution in [2.24, 2.45) is 22.7 Å². The first-order valence-corrected chi connectivity index (χ1v) is 22.7. The fourth-order valence-corrected chi connectivity index (χ4v) is 12.5. The number of aliphatic hydroxyl groups is 1. The van der Waals surface area contributed by atoms with E-state index in [-0.39, 0.29) is 50.1 Å². The summed E-state index contributed by atoms with van der Waals surface area (Å²) in [5.74, 6) is -0.874. The average molecular weight is 844 g/mol. The molecule has 3 N–H and O–H groups in total. The van der Waals surface area contributed by atoms with Crippen LogP contribution in [0.5, 0.6) is 0 Å². The third kappa shape index (κ3) is 6.67. The van der Waals surface area contributed by atoms with Crippen LogP contribution in [-0.2, 0) is 59.3 Å². The number of epoxide rings is 1. The highest BCUT2D eigenvalue weighted by atomic mass is 16.8. The number of nitrogens with one attached hydrogen (secondary N) is 2. The number of fused-ring (bicyclic) bond motifs is 7. The molecule has 3 aromatic rings. The van der Waals surface area contributed by atoms with E-state index in [9.17, 15) is 19.5 Å². The first-order chi connectivity index (χ1) is 29.9. The molecule has 1 unspecified atom stereocenters. The van der Waals surface area contributed by atoms with Crippen LogP contribution < -0.4 is 10.6 Å². The number of ether oxygens (including phenoxy) is 4. The Labute approximate surface area is 362 Å². The minimum Gasteiger partial charge on any atom is -0.458 e. The molecule has 10 atom stereocenters. The van der Waals surface area contributed by atoms with Crippen LogP contribution in [0.1, 0.15) is 97.5 Å². The van der Waals surface area contributed by atoms with E-state index >= 15 is 0 Å². The maximum atomic E-state index is 14.9. The second-order valence-corrected chi connectivity index (χ2v) is 20.1. The third-order valence-electron chi connectivity index (χ3n) is 15.8. The number of hydrogen-bond acceptors (Lipinski definition) is 10. The maximum absolute atomic E-state index is 14.9. The van der Waals surface area contributed by atoms with Crippen LogP contribution in [0, 0.1) is 22.7 Å². The quantitative estimate of drug-likeness (QED) is 0.184. The van der Waals surface area contributed by atoms with E-state index in [2.05, 4.69) is 73.9 Å². The van der Waals surface area contributed by atoms with E-state index in [0.717, 1.165) is 41.5 Å². The molecule has 3 saturated carbocycles. The standard InChI is InChI=1S/C50H57N3O9/c1-47(2)25-36-32(15-16-39-48(3,59-39)18-17-37(36)47)21-29-11-13-30(14-12-29)28-53-42-45(56)58-38-26-50(42,46(57)52-27-31-7-6-10-33(22-31)44(55)51-19-20-54)43(62-53)41-40(38)60-49(61-41)23-34-8-4-5-9-35(34)24-49/h4-14,21-22,36-43,54H,15-20,23-28H2,1-3H3,(H,51,55)(H,52,57)/t36-,37-,38+,39?,40+,41+,42+,43-,48-,50+/m1/s1. The van der Waals surface area contributed by atoms with E-state index in [1.165, 1.54) is 18.4 Å². The second kappa shape index (κ2) is 14.8. The van der Waals surface area contributed by atoms with Gasteiger partial charge in [0.25, 0.3) is 5.91 Å². The summed E-state index contributed by atoms with van der Waals surface area (Å²) in [6, 6.07) is 22.6. The molecule has 326 valence electrons. The zero-order valence-corrected chi connectivity index (χ0v) is 35.8. The Morgan fingerprint density at radius 2 is 1.66 bits per heavy atom. The summed E-state index contributed by atoms with van der Waals surface area (Å²) in [4.78, 5) is 48.8. The Morgan fingerprint density at radius 3 is 2.42 bits per heavy atom. The molecule has 2 bridgehead atoms. The number of benzene rings is 3. The van der Waals surface area contributed by atoms with Gasteiger partial charge in [-0.1, -0.05) is 86.2 Å². The fourth-order valence-electron chi connectivity index (χ4n) is 12.5. The molecule has 12 nitrogen and oxygen atoms in total. The Balaban J connectivity index is 0.867. The lowest BCUT2D eigenvalue weighted by Gasteiger charge is -2.53. The van der Waals surface area contributed by atoms with Crippen LogP contribution in [0.4, 0.5) is 0 Å². The van der Waals surface area contributed by atoms with Gasteiger partial charge in [-0.25, -0.2) is 0 Å². The van der Waals surface area contributed by atoms with Crippen molar-refractivity contribution in [1.29, 1.82) is 0 Å². The lowest BCUT2D eigenvalue weighted by Crippen LogP contribution is -2.69. The van der Waals surface area contributed by atoms with Crippen molar-refractivity contribution in [2.45, 2.75) is 133 Å². The first kappa shape index (κ1) is 40.4. The average Bonchev–Trinajstić information content (AvgIpc) is 3.53. The van der Waals surface area contributed by atoms with E-state index < -0.39 is 47.6 Å². The molecule has 12 heteroatoms. The molecule has 4 heterocycles. The van der Waals surface area contributed by atoms with Gasteiger partial charge >= 0.3 is 5.97 Å². The Kier molecular flexibility index (Phi) is 9.65. The summed E-state index contributed by atoms with van der Waals surface area (Å²) < 4.78 is 26.2. The molecule has 3 aromatic carbocycles. The number of hydroxylamine groups is 2. The monoisotopic (exact) mass is 843 g/mol. The predicted molar refractivity (Wildman–Crippen MR) is 227 cm³/mol. The van der Waals surface area contributed by atoms with Crippen molar-refractivity contribution in [3.8, 4) is 0 Å². The van der Waals surface area contributed by atoms with Gasteiger partial charge < -0.3 is 34.7 Å². The van der Waals surface area contributed by atoms with Crippen molar-refractivity contribution in [1.82, 2.24) is 15.7 Å². The molecule has 11 rings (SSSR count). The van der Waals surface area contributed by atoms with E-state index in [1.807, 2.05) is 18.2 Å². The van der Waals surface area contributed by atoms with Crippen LogP contribution >= 0.6 is 0 Å².